The Morgan fingerprint density at radius 2 is 1.78 bits per heavy atom. The number of morpholine rings is 1. The largest absolute Gasteiger partial charge is 0.378 e. The highest BCUT2D eigenvalue weighted by molar-refractivity contribution is 6.30. The van der Waals surface area contributed by atoms with E-state index in [1.165, 1.54) is 5.69 Å². The fourth-order valence-electron chi connectivity index (χ4n) is 4.54. The zero-order chi connectivity index (χ0) is 22.5. The predicted molar refractivity (Wildman–Crippen MR) is 126 cm³/mol. The fraction of sp³-hybridized carbons (Fsp3) is 0.440. The van der Waals surface area contributed by atoms with Crippen LogP contribution in [-0.2, 0) is 16.1 Å². The minimum Gasteiger partial charge on any atom is -0.378 e. The van der Waals surface area contributed by atoms with E-state index < -0.39 is 0 Å². The molecule has 0 spiro atoms. The Labute approximate surface area is 194 Å². The van der Waals surface area contributed by atoms with Crippen molar-refractivity contribution in [3.63, 3.8) is 0 Å². The number of nitrogens with zero attached hydrogens (tertiary/aromatic N) is 3. The quantitative estimate of drug-likeness (QED) is 0.690. The number of halogens is 1. The second-order valence-corrected chi connectivity index (χ2v) is 8.96. The monoisotopic (exact) mass is 455 g/mol. The summed E-state index contributed by atoms with van der Waals surface area (Å²) >= 11 is 5.94. The molecular weight excluding hydrogens is 426 g/mol. The molecule has 0 aliphatic carbocycles. The molecule has 2 aromatic rings. The van der Waals surface area contributed by atoms with Crippen molar-refractivity contribution < 1.29 is 14.3 Å². The molecule has 0 radical (unpaired) electrons. The Morgan fingerprint density at radius 1 is 1.06 bits per heavy atom. The molecule has 2 amide bonds. The van der Waals surface area contributed by atoms with Crippen LogP contribution in [0.1, 0.15) is 28.8 Å². The van der Waals surface area contributed by atoms with Crippen LogP contribution in [0.2, 0.25) is 5.02 Å². The molecule has 2 saturated heterocycles. The van der Waals surface area contributed by atoms with Crippen LogP contribution in [-0.4, -0.2) is 68.1 Å². The number of amides is 2. The van der Waals surface area contributed by atoms with Gasteiger partial charge in [0.05, 0.1) is 19.1 Å². The van der Waals surface area contributed by atoms with Crippen molar-refractivity contribution in [2.75, 3.05) is 51.3 Å². The smallest absolute Gasteiger partial charge is 0.253 e. The number of rotatable bonds is 5. The van der Waals surface area contributed by atoms with E-state index in [4.69, 9.17) is 16.3 Å². The molecule has 32 heavy (non-hydrogen) atoms. The third-order valence-electron chi connectivity index (χ3n) is 6.28. The molecule has 0 saturated carbocycles. The van der Waals surface area contributed by atoms with Gasteiger partial charge in [0.15, 0.2) is 0 Å². The molecule has 2 aliphatic rings. The number of para-hydroxylation sites is 1. The van der Waals surface area contributed by atoms with Crippen LogP contribution in [0.4, 0.5) is 5.69 Å². The molecule has 0 aromatic heterocycles. The van der Waals surface area contributed by atoms with Gasteiger partial charge in [-0.05, 0) is 48.7 Å². The zero-order valence-corrected chi connectivity index (χ0v) is 19.3. The first-order chi connectivity index (χ1) is 15.5. The first-order valence-electron chi connectivity index (χ1n) is 11.2. The van der Waals surface area contributed by atoms with E-state index >= 15 is 0 Å². The van der Waals surface area contributed by atoms with E-state index in [1.54, 1.807) is 34.1 Å². The van der Waals surface area contributed by atoms with E-state index in [0.717, 1.165) is 44.7 Å². The number of piperidine rings is 1. The SMILES string of the molecule is CN(Cc1ccccc1N1CCOCC1)C(=O)[C@@H]1CCCN(C(=O)c2ccc(Cl)cc2)C1. The maximum Gasteiger partial charge on any atom is 0.253 e. The number of benzene rings is 2. The summed E-state index contributed by atoms with van der Waals surface area (Å²) in [6.07, 6.45) is 1.63. The van der Waals surface area contributed by atoms with Crippen molar-refractivity contribution in [1.82, 2.24) is 9.80 Å². The van der Waals surface area contributed by atoms with Crippen LogP contribution in [0.3, 0.4) is 0 Å². The summed E-state index contributed by atoms with van der Waals surface area (Å²) < 4.78 is 5.48. The van der Waals surface area contributed by atoms with Crippen molar-refractivity contribution in [2.24, 2.45) is 5.92 Å². The number of hydrogen-bond acceptors (Lipinski definition) is 4. The van der Waals surface area contributed by atoms with Crippen LogP contribution in [0, 0.1) is 5.92 Å². The molecule has 6 nitrogen and oxygen atoms in total. The fourth-order valence-corrected chi connectivity index (χ4v) is 4.67. The van der Waals surface area contributed by atoms with Gasteiger partial charge < -0.3 is 19.4 Å². The molecule has 170 valence electrons. The molecule has 2 fully saturated rings. The Balaban J connectivity index is 1.41. The number of ether oxygens (including phenoxy) is 1. The zero-order valence-electron chi connectivity index (χ0n) is 18.5. The highest BCUT2D eigenvalue weighted by atomic mass is 35.5. The Kier molecular flexibility index (Phi) is 7.33. The first-order valence-corrected chi connectivity index (χ1v) is 11.6. The maximum atomic E-state index is 13.3. The molecule has 2 aliphatic heterocycles. The summed E-state index contributed by atoms with van der Waals surface area (Å²) in [7, 11) is 1.86. The number of anilines is 1. The summed E-state index contributed by atoms with van der Waals surface area (Å²) in [5.74, 6) is -0.129. The topological polar surface area (TPSA) is 53.1 Å². The molecule has 2 heterocycles. The van der Waals surface area contributed by atoms with Gasteiger partial charge in [-0.2, -0.15) is 0 Å². The van der Waals surface area contributed by atoms with Gasteiger partial charge in [0.1, 0.15) is 0 Å². The number of likely N-dealkylation sites (tertiary alicyclic amines) is 1. The minimum atomic E-state index is -0.180. The van der Waals surface area contributed by atoms with Crippen molar-refractivity contribution in [3.05, 3.63) is 64.7 Å². The number of carbonyl (C=O) groups is 2. The predicted octanol–water partition coefficient (Wildman–Crippen LogP) is 3.69. The van der Waals surface area contributed by atoms with Gasteiger partial charge in [-0.3, -0.25) is 9.59 Å². The molecule has 0 N–H and O–H groups in total. The average Bonchev–Trinajstić information content (AvgIpc) is 2.84. The first kappa shape index (κ1) is 22.6. The van der Waals surface area contributed by atoms with E-state index in [2.05, 4.69) is 17.0 Å². The summed E-state index contributed by atoms with van der Waals surface area (Å²) in [4.78, 5) is 32.1. The molecule has 0 unspecified atom stereocenters. The lowest BCUT2D eigenvalue weighted by Gasteiger charge is -2.35. The van der Waals surface area contributed by atoms with Gasteiger partial charge in [0.25, 0.3) is 5.91 Å². The van der Waals surface area contributed by atoms with Crippen LogP contribution in [0.25, 0.3) is 0 Å². The lowest BCUT2D eigenvalue weighted by atomic mass is 9.95. The van der Waals surface area contributed by atoms with Gasteiger partial charge in [-0.1, -0.05) is 29.8 Å². The van der Waals surface area contributed by atoms with Crippen LogP contribution in [0.15, 0.2) is 48.5 Å². The van der Waals surface area contributed by atoms with Gasteiger partial charge in [0, 0.05) is 56.0 Å². The van der Waals surface area contributed by atoms with Crippen LogP contribution in [0.5, 0.6) is 0 Å². The third kappa shape index (κ3) is 5.25. The molecule has 0 bridgehead atoms. The van der Waals surface area contributed by atoms with E-state index in [-0.39, 0.29) is 17.7 Å². The summed E-state index contributed by atoms with van der Waals surface area (Å²) in [5.41, 5.74) is 2.91. The Morgan fingerprint density at radius 3 is 2.53 bits per heavy atom. The average molecular weight is 456 g/mol. The summed E-state index contributed by atoms with van der Waals surface area (Å²) in [6.45, 7) is 4.85. The molecular formula is C25H30ClN3O3. The van der Waals surface area contributed by atoms with Crippen LogP contribution < -0.4 is 4.90 Å². The molecule has 4 rings (SSSR count). The van der Waals surface area contributed by atoms with E-state index in [9.17, 15) is 9.59 Å². The lowest BCUT2D eigenvalue weighted by Crippen LogP contribution is -2.45. The van der Waals surface area contributed by atoms with Crippen molar-refractivity contribution >= 4 is 29.1 Å². The van der Waals surface area contributed by atoms with Crippen LogP contribution >= 0.6 is 11.6 Å². The van der Waals surface area contributed by atoms with Gasteiger partial charge in [-0.25, -0.2) is 0 Å². The van der Waals surface area contributed by atoms with Crippen molar-refractivity contribution in [2.45, 2.75) is 19.4 Å². The number of carbonyl (C=O) groups excluding carboxylic acids is 2. The summed E-state index contributed by atoms with van der Waals surface area (Å²) in [6, 6.07) is 15.2. The Bertz CT molecular complexity index is 944. The van der Waals surface area contributed by atoms with E-state index in [1.807, 2.05) is 19.2 Å². The second-order valence-electron chi connectivity index (χ2n) is 8.52. The highest BCUT2D eigenvalue weighted by Crippen LogP contribution is 2.25. The van der Waals surface area contributed by atoms with Crippen molar-refractivity contribution in [1.29, 1.82) is 0 Å². The van der Waals surface area contributed by atoms with Gasteiger partial charge in [-0.15, -0.1) is 0 Å². The minimum absolute atomic E-state index is 0.0421. The standard InChI is InChI=1S/C25H30ClN3O3/c1-27(17-20-5-2-3-7-23(20)28-13-15-32-16-14-28)24(30)21-6-4-12-29(18-21)25(31)19-8-10-22(26)11-9-19/h2-3,5,7-11,21H,4,6,12-18H2,1H3/t21-/m1/s1. The molecule has 7 heteroatoms. The lowest BCUT2D eigenvalue weighted by molar-refractivity contribution is -0.136. The maximum absolute atomic E-state index is 13.3. The third-order valence-corrected chi connectivity index (χ3v) is 6.53. The van der Waals surface area contributed by atoms with E-state index in [0.29, 0.717) is 30.2 Å². The normalized spacial score (nSPS) is 19.0. The molecule has 1 atom stereocenters. The summed E-state index contributed by atoms with van der Waals surface area (Å²) in [5, 5.41) is 0.604. The van der Waals surface area contributed by atoms with Crippen molar-refractivity contribution in [3.8, 4) is 0 Å². The second kappa shape index (κ2) is 10.4. The molecule has 2 aromatic carbocycles. The van der Waals surface area contributed by atoms with Gasteiger partial charge >= 0.3 is 0 Å². The number of hydrogen-bond donors (Lipinski definition) is 0. The van der Waals surface area contributed by atoms with Gasteiger partial charge in [0.2, 0.25) is 5.91 Å². The highest BCUT2D eigenvalue weighted by Gasteiger charge is 2.31. The Hall–Kier alpha value is -2.57.